The number of nitrogens with zero attached hydrogens (tertiary/aromatic N) is 1. The van der Waals surface area contributed by atoms with Crippen LogP contribution in [-0.4, -0.2) is 24.0 Å². The average molecular weight is 209 g/mol. The average Bonchev–Trinajstić information content (AvgIpc) is 2.76. The minimum absolute atomic E-state index is 0.752. The minimum atomic E-state index is 0.752. The highest BCUT2D eigenvalue weighted by atomic mass is 15.2. The van der Waals surface area contributed by atoms with Crippen molar-refractivity contribution in [3.8, 4) is 0 Å². The summed E-state index contributed by atoms with van der Waals surface area (Å²) in [6.45, 7) is 12.2. The van der Waals surface area contributed by atoms with Crippen LogP contribution < -0.4 is 0 Å². The van der Waals surface area contributed by atoms with E-state index in [1.54, 1.807) is 0 Å². The summed E-state index contributed by atoms with van der Waals surface area (Å²) in [5.74, 6) is 1.95. The standard InChI is InChI=1S/C14H27N/c1-11(2)8-13-9-14(13)6-5-7-15(10-14)12(3)4/h11-13H,5-10H2,1-4H3. The maximum atomic E-state index is 2.70. The van der Waals surface area contributed by atoms with Gasteiger partial charge in [-0.3, -0.25) is 0 Å². The minimum Gasteiger partial charge on any atom is -0.300 e. The highest BCUT2D eigenvalue weighted by molar-refractivity contribution is 5.06. The van der Waals surface area contributed by atoms with Gasteiger partial charge in [0.2, 0.25) is 0 Å². The molecule has 1 saturated carbocycles. The molecular formula is C14H27N. The van der Waals surface area contributed by atoms with E-state index in [2.05, 4.69) is 32.6 Å². The monoisotopic (exact) mass is 209 g/mol. The van der Waals surface area contributed by atoms with E-state index in [-0.39, 0.29) is 0 Å². The van der Waals surface area contributed by atoms with E-state index in [9.17, 15) is 0 Å². The van der Waals surface area contributed by atoms with Crippen LogP contribution in [-0.2, 0) is 0 Å². The lowest BCUT2D eigenvalue weighted by molar-refractivity contribution is 0.117. The Hall–Kier alpha value is -0.0400. The molecule has 1 aliphatic carbocycles. The summed E-state index contributed by atoms with van der Waals surface area (Å²) in [7, 11) is 0. The second-order valence-electron chi connectivity index (χ2n) is 6.56. The Labute approximate surface area is 95.2 Å². The fraction of sp³-hybridized carbons (Fsp3) is 1.00. The van der Waals surface area contributed by atoms with Gasteiger partial charge in [-0.05, 0) is 63.3 Å². The van der Waals surface area contributed by atoms with Gasteiger partial charge in [0.15, 0.2) is 0 Å². The molecular weight excluding hydrogens is 182 g/mol. The summed E-state index contributed by atoms with van der Waals surface area (Å²) >= 11 is 0. The van der Waals surface area contributed by atoms with Gasteiger partial charge in [-0.2, -0.15) is 0 Å². The first-order valence-corrected chi connectivity index (χ1v) is 6.77. The Morgan fingerprint density at radius 2 is 2.00 bits per heavy atom. The predicted octanol–water partition coefficient (Wildman–Crippen LogP) is 3.54. The second kappa shape index (κ2) is 4.08. The summed E-state index contributed by atoms with van der Waals surface area (Å²) in [6.07, 6.45) is 5.93. The number of rotatable bonds is 3. The third kappa shape index (κ3) is 2.38. The zero-order valence-electron chi connectivity index (χ0n) is 10.9. The topological polar surface area (TPSA) is 3.24 Å². The molecule has 0 aromatic heterocycles. The Bertz CT molecular complexity index is 221. The van der Waals surface area contributed by atoms with Gasteiger partial charge < -0.3 is 4.90 Å². The van der Waals surface area contributed by atoms with E-state index in [1.807, 2.05) is 0 Å². The maximum absolute atomic E-state index is 2.70. The van der Waals surface area contributed by atoms with Crippen molar-refractivity contribution in [2.75, 3.05) is 13.1 Å². The van der Waals surface area contributed by atoms with E-state index in [4.69, 9.17) is 0 Å². The highest BCUT2D eigenvalue weighted by Crippen LogP contribution is 2.60. The molecule has 0 N–H and O–H groups in total. The molecule has 1 aliphatic heterocycles. The van der Waals surface area contributed by atoms with E-state index in [0.29, 0.717) is 0 Å². The lowest BCUT2D eigenvalue weighted by Crippen LogP contribution is -2.41. The first kappa shape index (κ1) is 11.4. The van der Waals surface area contributed by atoms with Crippen molar-refractivity contribution in [1.29, 1.82) is 0 Å². The van der Waals surface area contributed by atoms with Crippen LogP contribution in [0.15, 0.2) is 0 Å². The quantitative estimate of drug-likeness (QED) is 0.687. The van der Waals surface area contributed by atoms with Crippen LogP contribution in [0, 0.1) is 17.3 Å². The lowest BCUT2D eigenvalue weighted by Gasteiger charge is -2.36. The van der Waals surface area contributed by atoms with Gasteiger partial charge in [-0.25, -0.2) is 0 Å². The van der Waals surface area contributed by atoms with Crippen molar-refractivity contribution in [3.05, 3.63) is 0 Å². The molecule has 1 nitrogen and oxygen atoms in total. The predicted molar refractivity (Wildman–Crippen MR) is 65.9 cm³/mol. The zero-order valence-corrected chi connectivity index (χ0v) is 10.9. The summed E-state index contributed by atoms with van der Waals surface area (Å²) in [5, 5.41) is 0. The molecule has 0 aromatic carbocycles. The van der Waals surface area contributed by atoms with Crippen LogP contribution in [0.2, 0.25) is 0 Å². The van der Waals surface area contributed by atoms with Crippen LogP contribution in [0.25, 0.3) is 0 Å². The Morgan fingerprint density at radius 3 is 2.60 bits per heavy atom. The number of likely N-dealkylation sites (tertiary alicyclic amines) is 1. The van der Waals surface area contributed by atoms with Crippen molar-refractivity contribution in [3.63, 3.8) is 0 Å². The van der Waals surface area contributed by atoms with Gasteiger partial charge >= 0.3 is 0 Å². The molecule has 1 saturated heterocycles. The molecule has 0 bridgehead atoms. The van der Waals surface area contributed by atoms with Gasteiger partial charge in [0, 0.05) is 12.6 Å². The highest BCUT2D eigenvalue weighted by Gasteiger charge is 2.55. The van der Waals surface area contributed by atoms with Gasteiger partial charge in [-0.15, -0.1) is 0 Å². The van der Waals surface area contributed by atoms with Crippen molar-refractivity contribution in [2.45, 2.75) is 59.4 Å². The van der Waals surface area contributed by atoms with Crippen molar-refractivity contribution >= 4 is 0 Å². The fourth-order valence-corrected chi connectivity index (χ4v) is 3.47. The third-order valence-corrected chi connectivity index (χ3v) is 4.48. The molecule has 0 radical (unpaired) electrons. The summed E-state index contributed by atoms with van der Waals surface area (Å²) in [4.78, 5) is 2.70. The third-order valence-electron chi connectivity index (χ3n) is 4.48. The molecule has 1 heteroatoms. The summed E-state index contributed by atoms with van der Waals surface area (Å²) < 4.78 is 0. The Balaban J connectivity index is 1.89. The molecule has 2 unspecified atom stereocenters. The van der Waals surface area contributed by atoms with Gasteiger partial charge in [0.1, 0.15) is 0 Å². The molecule has 1 heterocycles. The van der Waals surface area contributed by atoms with Crippen molar-refractivity contribution < 1.29 is 0 Å². The van der Waals surface area contributed by atoms with Crippen LogP contribution >= 0.6 is 0 Å². The van der Waals surface area contributed by atoms with Gasteiger partial charge in [0.25, 0.3) is 0 Å². The zero-order chi connectivity index (χ0) is 11.1. The van der Waals surface area contributed by atoms with Crippen molar-refractivity contribution in [1.82, 2.24) is 4.90 Å². The molecule has 1 spiro atoms. The molecule has 2 rings (SSSR count). The van der Waals surface area contributed by atoms with E-state index in [0.717, 1.165) is 23.3 Å². The largest absolute Gasteiger partial charge is 0.300 e. The lowest BCUT2D eigenvalue weighted by atomic mass is 9.89. The van der Waals surface area contributed by atoms with Gasteiger partial charge in [-0.1, -0.05) is 13.8 Å². The number of hydrogen-bond acceptors (Lipinski definition) is 1. The van der Waals surface area contributed by atoms with Crippen LogP contribution in [0.4, 0.5) is 0 Å². The molecule has 2 aliphatic rings. The summed E-state index contributed by atoms with van der Waals surface area (Å²) in [6, 6.07) is 0.752. The normalized spacial score (nSPS) is 36.8. The second-order valence-corrected chi connectivity index (χ2v) is 6.56. The fourth-order valence-electron chi connectivity index (χ4n) is 3.47. The Kier molecular flexibility index (Phi) is 3.12. The molecule has 0 aromatic rings. The first-order valence-electron chi connectivity index (χ1n) is 6.77. The van der Waals surface area contributed by atoms with Gasteiger partial charge in [0.05, 0.1) is 0 Å². The molecule has 88 valence electrons. The van der Waals surface area contributed by atoms with E-state index >= 15 is 0 Å². The maximum Gasteiger partial charge on any atom is 0.00435 e. The van der Waals surface area contributed by atoms with E-state index < -0.39 is 0 Å². The molecule has 15 heavy (non-hydrogen) atoms. The van der Waals surface area contributed by atoms with E-state index in [1.165, 1.54) is 38.8 Å². The van der Waals surface area contributed by atoms with Crippen LogP contribution in [0.3, 0.4) is 0 Å². The Morgan fingerprint density at radius 1 is 1.27 bits per heavy atom. The number of piperidine rings is 1. The molecule has 2 atom stereocenters. The molecule has 0 amide bonds. The smallest absolute Gasteiger partial charge is 0.00435 e. The number of hydrogen-bond donors (Lipinski definition) is 0. The van der Waals surface area contributed by atoms with Crippen molar-refractivity contribution in [2.24, 2.45) is 17.3 Å². The summed E-state index contributed by atoms with van der Waals surface area (Å²) in [5.41, 5.74) is 0.757. The SMILES string of the molecule is CC(C)CC1CC12CCCN(C(C)C)C2. The van der Waals surface area contributed by atoms with Crippen LogP contribution in [0.1, 0.15) is 53.4 Å². The van der Waals surface area contributed by atoms with Crippen LogP contribution in [0.5, 0.6) is 0 Å². The first-order chi connectivity index (χ1) is 7.03. The molecule has 2 fully saturated rings.